The van der Waals surface area contributed by atoms with Crippen molar-refractivity contribution < 1.29 is 24.9 Å². The average molecular weight is 487 g/mol. The van der Waals surface area contributed by atoms with Crippen LogP contribution in [0.2, 0.25) is 0 Å². The Morgan fingerprint density at radius 2 is 1.49 bits per heavy atom. The van der Waals surface area contributed by atoms with Gasteiger partial charge < -0.3 is 15.3 Å². The number of carboxylic acid groups (broad SMARTS) is 2. The first kappa shape index (κ1) is 25.3. The second-order valence-corrected chi connectivity index (χ2v) is 14.8. The van der Waals surface area contributed by atoms with Crippen LogP contribution < -0.4 is 0 Å². The normalized spacial score (nSPS) is 52.7. The smallest absolute Gasteiger partial charge is 0.312 e. The molecular formula is C30H46O5. The molecule has 0 heterocycles. The van der Waals surface area contributed by atoms with Gasteiger partial charge in [0, 0.05) is 0 Å². The summed E-state index contributed by atoms with van der Waals surface area (Å²) in [5.74, 6) is -1.10. The monoisotopic (exact) mass is 486 g/mol. The van der Waals surface area contributed by atoms with Crippen molar-refractivity contribution in [2.45, 2.75) is 112 Å². The minimum Gasteiger partial charge on any atom is -0.481 e. The summed E-state index contributed by atoms with van der Waals surface area (Å²) >= 11 is 0. The van der Waals surface area contributed by atoms with Gasteiger partial charge in [-0.1, -0.05) is 46.3 Å². The van der Waals surface area contributed by atoms with Crippen LogP contribution in [-0.2, 0) is 9.59 Å². The van der Waals surface area contributed by atoms with Crippen molar-refractivity contribution in [3.05, 3.63) is 11.6 Å². The highest BCUT2D eigenvalue weighted by molar-refractivity contribution is 5.77. The number of carbonyl (C=O) groups is 2. The first-order valence-electron chi connectivity index (χ1n) is 13.9. The number of allylic oxidation sites excluding steroid dienone is 2. The second kappa shape index (κ2) is 7.36. The Balaban J connectivity index is 1.60. The summed E-state index contributed by atoms with van der Waals surface area (Å²) in [5, 5.41) is 31.6. The summed E-state index contributed by atoms with van der Waals surface area (Å²) < 4.78 is 0. The van der Waals surface area contributed by atoms with Gasteiger partial charge in [0.25, 0.3) is 0 Å². The molecule has 0 spiro atoms. The van der Waals surface area contributed by atoms with E-state index in [0.29, 0.717) is 12.3 Å². The van der Waals surface area contributed by atoms with Gasteiger partial charge in [-0.25, -0.2) is 0 Å². The SMILES string of the molecule is CC1(C)CCC2(C(=O)O)CCC3(C)C(=CCC4C5(C)CCC(O)C(C)(C(=O)O)C5CCC43C)C2C1. The molecule has 0 bridgehead atoms. The average Bonchev–Trinajstić information content (AvgIpc) is 2.76. The van der Waals surface area contributed by atoms with E-state index >= 15 is 0 Å². The van der Waals surface area contributed by atoms with E-state index in [4.69, 9.17) is 0 Å². The van der Waals surface area contributed by atoms with Crippen LogP contribution in [0, 0.1) is 50.2 Å². The Labute approximate surface area is 210 Å². The van der Waals surface area contributed by atoms with Crippen molar-refractivity contribution in [1.29, 1.82) is 0 Å². The topological polar surface area (TPSA) is 94.8 Å². The van der Waals surface area contributed by atoms with Gasteiger partial charge in [-0.05, 0) is 111 Å². The van der Waals surface area contributed by atoms with Crippen molar-refractivity contribution in [2.75, 3.05) is 0 Å². The van der Waals surface area contributed by atoms with E-state index in [1.54, 1.807) is 6.92 Å². The molecule has 9 atom stereocenters. The van der Waals surface area contributed by atoms with E-state index in [1.165, 1.54) is 5.57 Å². The number of rotatable bonds is 2. The molecule has 0 aromatic carbocycles. The molecular weight excluding hydrogens is 440 g/mol. The van der Waals surface area contributed by atoms with Gasteiger partial charge in [0.1, 0.15) is 0 Å². The third-order valence-electron chi connectivity index (χ3n) is 13.2. The lowest BCUT2D eigenvalue weighted by Crippen LogP contribution is -2.66. The number of fused-ring (bicyclic) bond motifs is 7. The highest BCUT2D eigenvalue weighted by Gasteiger charge is 2.70. The number of hydrogen-bond donors (Lipinski definition) is 3. The standard InChI is InChI=1S/C30H46O5/c1-25(2)13-15-30(24(34)35)16-14-27(4)18(19(30)17-25)7-8-20-26(3)11-10-22(31)29(6,23(32)33)21(26)9-12-28(20,27)5/h7,19-22,31H,8-17H2,1-6H3,(H,32,33)(H,34,35). The van der Waals surface area contributed by atoms with E-state index in [9.17, 15) is 24.9 Å². The first-order valence-corrected chi connectivity index (χ1v) is 13.9. The number of hydrogen-bond acceptors (Lipinski definition) is 3. The number of carboxylic acids is 2. The summed E-state index contributed by atoms with van der Waals surface area (Å²) in [5.41, 5.74) is -0.437. The molecule has 0 saturated heterocycles. The maximum absolute atomic E-state index is 12.8. The molecule has 3 N–H and O–H groups in total. The molecule has 0 amide bonds. The molecule has 5 nitrogen and oxygen atoms in total. The minimum atomic E-state index is -1.11. The van der Waals surface area contributed by atoms with Crippen molar-refractivity contribution in [1.82, 2.24) is 0 Å². The van der Waals surface area contributed by atoms with Crippen LogP contribution in [0.5, 0.6) is 0 Å². The van der Waals surface area contributed by atoms with Crippen LogP contribution in [0.1, 0.15) is 106 Å². The molecule has 0 radical (unpaired) electrons. The van der Waals surface area contributed by atoms with Crippen LogP contribution >= 0.6 is 0 Å². The van der Waals surface area contributed by atoms with Gasteiger partial charge >= 0.3 is 11.9 Å². The van der Waals surface area contributed by atoms with Gasteiger partial charge in [-0.3, -0.25) is 9.59 Å². The maximum atomic E-state index is 12.8. The predicted octanol–water partition coefficient (Wildman–Crippen LogP) is 6.30. The maximum Gasteiger partial charge on any atom is 0.312 e. The summed E-state index contributed by atoms with van der Waals surface area (Å²) in [6.45, 7) is 13.5. The zero-order valence-electron chi connectivity index (χ0n) is 22.6. The van der Waals surface area contributed by atoms with Gasteiger partial charge in [0.2, 0.25) is 0 Å². The Morgan fingerprint density at radius 1 is 0.829 bits per heavy atom. The van der Waals surface area contributed by atoms with Gasteiger partial charge in [0.05, 0.1) is 16.9 Å². The molecule has 4 fully saturated rings. The van der Waals surface area contributed by atoms with E-state index in [1.807, 2.05) is 0 Å². The fraction of sp³-hybridized carbons (Fsp3) is 0.867. The second-order valence-electron chi connectivity index (χ2n) is 14.8. The molecule has 35 heavy (non-hydrogen) atoms. The third kappa shape index (κ3) is 2.97. The lowest BCUT2D eigenvalue weighted by Gasteiger charge is -2.70. The van der Waals surface area contributed by atoms with Crippen LogP contribution in [0.3, 0.4) is 0 Å². The number of aliphatic hydroxyl groups is 1. The third-order valence-corrected chi connectivity index (χ3v) is 13.2. The van der Waals surface area contributed by atoms with Crippen LogP contribution in [0.15, 0.2) is 11.6 Å². The Kier molecular flexibility index (Phi) is 5.32. The molecule has 0 aromatic heterocycles. The molecule has 0 aromatic rings. The van der Waals surface area contributed by atoms with E-state index in [0.717, 1.165) is 57.8 Å². The summed E-state index contributed by atoms with van der Waals surface area (Å²) in [6.07, 6.45) is 9.97. The summed E-state index contributed by atoms with van der Waals surface area (Å²) in [6, 6.07) is 0. The zero-order chi connectivity index (χ0) is 25.8. The molecule has 5 aliphatic rings. The summed E-state index contributed by atoms with van der Waals surface area (Å²) in [4.78, 5) is 25.3. The molecule has 5 heteroatoms. The van der Waals surface area contributed by atoms with Gasteiger partial charge in [0.15, 0.2) is 0 Å². The van der Waals surface area contributed by atoms with Crippen molar-refractivity contribution >= 4 is 11.9 Å². The Hall–Kier alpha value is -1.36. The largest absolute Gasteiger partial charge is 0.481 e. The van der Waals surface area contributed by atoms with Crippen LogP contribution in [-0.4, -0.2) is 33.4 Å². The van der Waals surface area contributed by atoms with E-state index in [2.05, 4.69) is 40.7 Å². The fourth-order valence-corrected chi connectivity index (χ4v) is 10.6. The molecule has 196 valence electrons. The zero-order valence-corrected chi connectivity index (χ0v) is 22.6. The van der Waals surface area contributed by atoms with Crippen molar-refractivity contribution in [2.24, 2.45) is 50.2 Å². The predicted molar refractivity (Wildman–Crippen MR) is 135 cm³/mol. The van der Waals surface area contributed by atoms with E-state index in [-0.39, 0.29) is 33.5 Å². The first-order chi connectivity index (χ1) is 16.1. The Morgan fingerprint density at radius 3 is 2.11 bits per heavy atom. The molecule has 0 aliphatic heterocycles. The fourth-order valence-electron chi connectivity index (χ4n) is 10.6. The Bertz CT molecular complexity index is 983. The summed E-state index contributed by atoms with van der Waals surface area (Å²) in [7, 11) is 0. The highest BCUT2D eigenvalue weighted by atomic mass is 16.4. The molecule has 5 aliphatic carbocycles. The lowest BCUT2D eigenvalue weighted by atomic mass is 9.33. The number of aliphatic carboxylic acids is 2. The van der Waals surface area contributed by atoms with Crippen LogP contribution in [0.25, 0.3) is 0 Å². The lowest BCUT2D eigenvalue weighted by molar-refractivity contribution is -0.217. The van der Waals surface area contributed by atoms with Crippen molar-refractivity contribution in [3.63, 3.8) is 0 Å². The minimum absolute atomic E-state index is 0.00368. The molecule has 5 rings (SSSR count). The van der Waals surface area contributed by atoms with Crippen molar-refractivity contribution in [3.8, 4) is 0 Å². The van der Waals surface area contributed by atoms with Gasteiger partial charge in [-0.15, -0.1) is 0 Å². The highest BCUT2D eigenvalue weighted by Crippen LogP contribution is 2.75. The van der Waals surface area contributed by atoms with Gasteiger partial charge in [-0.2, -0.15) is 0 Å². The molecule has 9 unspecified atom stereocenters. The van der Waals surface area contributed by atoms with E-state index < -0.39 is 28.9 Å². The molecule has 4 saturated carbocycles. The van der Waals surface area contributed by atoms with Crippen LogP contribution in [0.4, 0.5) is 0 Å². The quantitative estimate of drug-likeness (QED) is 0.398. The number of aliphatic hydroxyl groups excluding tert-OH is 1.